The van der Waals surface area contributed by atoms with Crippen LogP contribution in [0.4, 0.5) is 5.82 Å². The predicted molar refractivity (Wildman–Crippen MR) is 79.2 cm³/mol. The van der Waals surface area contributed by atoms with Crippen LogP contribution in [0.5, 0.6) is 0 Å². The molecule has 2 rings (SSSR count). The van der Waals surface area contributed by atoms with Gasteiger partial charge in [-0.3, -0.25) is 0 Å². The molecule has 1 aromatic rings. The van der Waals surface area contributed by atoms with E-state index in [1.165, 1.54) is 19.3 Å². The van der Waals surface area contributed by atoms with Gasteiger partial charge in [0, 0.05) is 25.7 Å². The molecule has 0 amide bonds. The Bertz CT molecular complexity index is 390. The molecule has 4 heteroatoms. The molecule has 0 unspecified atom stereocenters. The van der Waals surface area contributed by atoms with Gasteiger partial charge >= 0.3 is 0 Å². The highest BCUT2D eigenvalue weighted by molar-refractivity contribution is 5.36. The summed E-state index contributed by atoms with van der Waals surface area (Å²) in [4.78, 5) is 2.22. The molecule has 0 spiro atoms. The molecule has 0 radical (unpaired) electrons. The molecule has 19 heavy (non-hydrogen) atoms. The molecule has 0 atom stereocenters. The molecule has 1 saturated carbocycles. The van der Waals surface area contributed by atoms with Crippen molar-refractivity contribution in [2.45, 2.75) is 52.1 Å². The van der Waals surface area contributed by atoms with Crippen molar-refractivity contribution in [1.29, 1.82) is 0 Å². The fraction of sp³-hybridized carbons (Fsp3) is 0.733. The van der Waals surface area contributed by atoms with E-state index in [4.69, 9.17) is 0 Å². The van der Waals surface area contributed by atoms with Crippen LogP contribution in [-0.2, 0) is 6.54 Å². The quantitative estimate of drug-likeness (QED) is 0.885. The molecule has 1 heterocycles. The van der Waals surface area contributed by atoms with Gasteiger partial charge in [-0.2, -0.15) is 5.10 Å². The van der Waals surface area contributed by atoms with Crippen LogP contribution < -0.4 is 10.2 Å². The zero-order valence-corrected chi connectivity index (χ0v) is 12.6. The summed E-state index contributed by atoms with van der Waals surface area (Å²) in [6.45, 7) is 8.33. The first-order valence-electron chi connectivity index (χ1n) is 7.23. The zero-order chi connectivity index (χ0) is 13.9. The first-order valence-corrected chi connectivity index (χ1v) is 7.23. The minimum absolute atomic E-state index is 0.112. The largest absolute Gasteiger partial charge is 0.358 e. The summed E-state index contributed by atoms with van der Waals surface area (Å²) in [5.41, 5.74) is 1.11. The Labute approximate surface area is 116 Å². The molecule has 1 aliphatic rings. The van der Waals surface area contributed by atoms with Gasteiger partial charge in [-0.15, -0.1) is 5.10 Å². The Balaban J connectivity index is 1.86. The molecule has 106 valence electrons. The summed E-state index contributed by atoms with van der Waals surface area (Å²) in [6.07, 6.45) is 4.12. The van der Waals surface area contributed by atoms with E-state index in [-0.39, 0.29) is 5.54 Å². The Hall–Kier alpha value is -1.16. The average molecular weight is 262 g/mol. The first kappa shape index (κ1) is 14.3. The lowest BCUT2D eigenvalue weighted by atomic mass is 9.85. The maximum absolute atomic E-state index is 4.33. The van der Waals surface area contributed by atoms with E-state index in [0.29, 0.717) is 0 Å². The van der Waals surface area contributed by atoms with Crippen LogP contribution >= 0.6 is 0 Å². The monoisotopic (exact) mass is 262 g/mol. The molecule has 0 bridgehead atoms. The number of rotatable bonds is 5. The fourth-order valence-electron chi connectivity index (χ4n) is 2.16. The molecular formula is C15H26N4. The highest BCUT2D eigenvalue weighted by atomic mass is 15.2. The lowest BCUT2D eigenvalue weighted by Gasteiger charge is -2.30. The van der Waals surface area contributed by atoms with Crippen LogP contribution in [0.2, 0.25) is 0 Å². The van der Waals surface area contributed by atoms with Gasteiger partial charge in [-0.25, -0.2) is 0 Å². The lowest BCUT2D eigenvalue weighted by Crippen LogP contribution is -2.35. The van der Waals surface area contributed by atoms with Crippen molar-refractivity contribution >= 4 is 5.82 Å². The van der Waals surface area contributed by atoms with E-state index in [0.717, 1.165) is 30.5 Å². The third-order valence-corrected chi connectivity index (χ3v) is 3.65. The normalized spacial score (nSPS) is 16.2. The van der Waals surface area contributed by atoms with Gasteiger partial charge in [-0.1, -0.05) is 6.42 Å². The minimum atomic E-state index is 0.112. The second-order valence-corrected chi connectivity index (χ2v) is 6.66. The van der Waals surface area contributed by atoms with Crippen molar-refractivity contribution in [2.75, 3.05) is 18.5 Å². The van der Waals surface area contributed by atoms with Gasteiger partial charge in [0.25, 0.3) is 0 Å². The first-order chi connectivity index (χ1) is 8.94. The average Bonchev–Trinajstić information content (AvgIpc) is 2.31. The molecule has 1 fully saturated rings. The summed E-state index contributed by atoms with van der Waals surface area (Å²) in [5.74, 6) is 1.83. The summed E-state index contributed by atoms with van der Waals surface area (Å²) in [5, 5.41) is 12.0. The standard InChI is InChI=1S/C15H26N4/c1-15(2,3)16-10-13-8-9-14(18-17-13)19(4)11-12-6-5-7-12/h8-9,12,16H,5-7,10-11H2,1-4H3. The second kappa shape index (κ2) is 5.87. The van der Waals surface area contributed by atoms with Gasteiger partial charge in [0.15, 0.2) is 5.82 Å². The summed E-state index contributed by atoms with van der Waals surface area (Å²) in [6, 6.07) is 4.14. The smallest absolute Gasteiger partial charge is 0.150 e. The Morgan fingerprint density at radius 3 is 2.47 bits per heavy atom. The van der Waals surface area contributed by atoms with Crippen LogP contribution in [0.1, 0.15) is 45.7 Å². The maximum atomic E-state index is 4.33. The molecule has 0 saturated heterocycles. The summed E-state index contributed by atoms with van der Waals surface area (Å²) in [7, 11) is 2.11. The van der Waals surface area contributed by atoms with Crippen LogP contribution in [0.25, 0.3) is 0 Å². The van der Waals surface area contributed by atoms with Crippen molar-refractivity contribution in [3.05, 3.63) is 17.8 Å². The van der Waals surface area contributed by atoms with Crippen molar-refractivity contribution in [2.24, 2.45) is 5.92 Å². The van der Waals surface area contributed by atoms with Crippen LogP contribution in [0.3, 0.4) is 0 Å². The molecule has 1 aromatic heterocycles. The van der Waals surface area contributed by atoms with E-state index < -0.39 is 0 Å². The molecule has 1 N–H and O–H groups in total. The Morgan fingerprint density at radius 2 is 2.00 bits per heavy atom. The SMILES string of the molecule is CN(CC1CCC1)c1ccc(CNC(C)(C)C)nn1. The highest BCUT2D eigenvalue weighted by Gasteiger charge is 2.19. The summed E-state index contributed by atoms with van der Waals surface area (Å²) < 4.78 is 0. The number of nitrogens with one attached hydrogen (secondary N) is 1. The maximum Gasteiger partial charge on any atom is 0.150 e. The molecule has 0 aromatic carbocycles. The van der Waals surface area contributed by atoms with E-state index in [2.05, 4.69) is 60.4 Å². The van der Waals surface area contributed by atoms with E-state index >= 15 is 0 Å². The van der Waals surface area contributed by atoms with Gasteiger partial charge < -0.3 is 10.2 Å². The zero-order valence-electron chi connectivity index (χ0n) is 12.6. The number of hydrogen-bond acceptors (Lipinski definition) is 4. The topological polar surface area (TPSA) is 41.0 Å². The summed E-state index contributed by atoms with van der Waals surface area (Å²) >= 11 is 0. The third kappa shape index (κ3) is 4.46. The Morgan fingerprint density at radius 1 is 1.26 bits per heavy atom. The van der Waals surface area contributed by atoms with E-state index in [9.17, 15) is 0 Å². The molecular weight excluding hydrogens is 236 g/mol. The Kier molecular flexibility index (Phi) is 4.40. The lowest BCUT2D eigenvalue weighted by molar-refractivity contribution is 0.321. The van der Waals surface area contributed by atoms with Crippen molar-refractivity contribution < 1.29 is 0 Å². The number of hydrogen-bond donors (Lipinski definition) is 1. The molecule has 0 aliphatic heterocycles. The van der Waals surface area contributed by atoms with Gasteiger partial charge in [-0.05, 0) is 51.7 Å². The van der Waals surface area contributed by atoms with Gasteiger partial charge in [0.05, 0.1) is 5.69 Å². The van der Waals surface area contributed by atoms with Crippen molar-refractivity contribution in [3.8, 4) is 0 Å². The molecule has 1 aliphatic carbocycles. The van der Waals surface area contributed by atoms with Crippen molar-refractivity contribution in [1.82, 2.24) is 15.5 Å². The van der Waals surface area contributed by atoms with Gasteiger partial charge in [0.2, 0.25) is 0 Å². The van der Waals surface area contributed by atoms with Crippen LogP contribution in [0.15, 0.2) is 12.1 Å². The third-order valence-electron chi connectivity index (χ3n) is 3.65. The van der Waals surface area contributed by atoms with E-state index in [1.807, 2.05) is 0 Å². The van der Waals surface area contributed by atoms with E-state index in [1.54, 1.807) is 0 Å². The number of nitrogens with zero attached hydrogens (tertiary/aromatic N) is 3. The minimum Gasteiger partial charge on any atom is -0.358 e. The van der Waals surface area contributed by atoms with Crippen LogP contribution in [-0.4, -0.2) is 29.3 Å². The second-order valence-electron chi connectivity index (χ2n) is 6.66. The highest BCUT2D eigenvalue weighted by Crippen LogP contribution is 2.27. The number of aromatic nitrogens is 2. The van der Waals surface area contributed by atoms with Crippen LogP contribution in [0, 0.1) is 5.92 Å². The molecule has 4 nitrogen and oxygen atoms in total. The predicted octanol–water partition coefficient (Wildman–Crippen LogP) is 2.60. The number of anilines is 1. The van der Waals surface area contributed by atoms with Crippen molar-refractivity contribution in [3.63, 3.8) is 0 Å². The van der Waals surface area contributed by atoms with Gasteiger partial charge in [0.1, 0.15) is 0 Å². The fourth-order valence-corrected chi connectivity index (χ4v) is 2.16.